The van der Waals surface area contributed by atoms with Crippen molar-refractivity contribution in [3.8, 4) is 0 Å². The highest BCUT2D eigenvalue weighted by molar-refractivity contribution is 7.44. The molecule has 0 aliphatic heterocycles. The molecular formula is C24H24N3P. The Morgan fingerprint density at radius 1 is 0.607 bits per heavy atom. The first-order chi connectivity index (χ1) is 13.6. The van der Waals surface area contributed by atoms with Gasteiger partial charge in [0, 0.05) is 24.9 Å². The number of benzene rings is 4. The van der Waals surface area contributed by atoms with Crippen molar-refractivity contribution in [3.63, 3.8) is 0 Å². The van der Waals surface area contributed by atoms with Crippen molar-refractivity contribution in [1.82, 2.24) is 8.66 Å². The van der Waals surface area contributed by atoms with E-state index in [1.165, 1.54) is 43.4 Å². The summed E-state index contributed by atoms with van der Waals surface area (Å²) >= 11 is 0. The van der Waals surface area contributed by atoms with E-state index in [1.54, 1.807) is 0 Å². The first kappa shape index (κ1) is 17.4. The summed E-state index contributed by atoms with van der Waals surface area (Å²) in [6.07, 6.45) is 0. The second-order valence-electron chi connectivity index (χ2n) is 7.52. The van der Waals surface area contributed by atoms with Crippen LogP contribution in [0.5, 0.6) is 0 Å². The summed E-state index contributed by atoms with van der Waals surface area (Å²) in [7, 11) is 8.13. The van der Waals surface area contributed by atoms with Crippen molar-refractivity contribution >= 4 is 51.4 Å². The zero-order valence-electron chi connectivity index (χ0n) is 16.7. The smallest absolute Gasteiger partial charge is 0.105 e. The van der Waals surface area contributed by atoms with Crippen molar-refractivity contribution < 1.29 is 0 Å². The number of rotatable bonds is 1. The van der Waals surface area contributed by atoms with Crippen LogP contribution in [0.2, 0.25) is 0 Å². The lowest BCUT2D eigenvalue weighted by atomic mass is 9.98. The summed E-state index contributed by atoms with van der Waals surface area (Å²) < 4.78 is 7.23. The molecule has 0 bridgehead atoms. The van der Waals surface area contributed by atoms with Gasteiger partial charge in [0.1, 0.15) is 8.00 Å². The zero-order chi connectivity index (χ0) is 19.4. The molecular weight excluding hydrogens is 361 g/mol. The quantitative estimate of drug-likeness (QED) is 0.331. The van der Waals surface area contributed by atoms with E-state index in [9.17, 15) is 0 Å². The number of aromatic nitrogens is 2. The second kappa shape index (κ2) is 6.41. The SMILES string of the molecule is CN(C)p1n(C)c2ccc3ccccc3c2c2c3ccccc3ccc2n1C. The van der Waals surface area contributed by atoms with E-state index in [1.807, 2.05) is 0 Å². The lowest BCUT2D eigenvalue weighted by Crippen LogP contribution is -2.13. The molecule has 0 aliphatic carbocycles. The Morgan fingerprint density at radius 2 is 1.04 bits per heavy atom. The van der Waals surface area contributed by atoms with E-state index in [2.05, 4.69) is 114 Å². The number of aryl methyl sites for hydroxylation is 2. The lowest BCUT2D eigenvalue weighted by Gasteiger charge is -2.19. The van der Waals surface area contributed by atoms with Gasteiger partial charge < -0.3 is 8.66 Å². The number of fused-ring (bicyclic) bond motifs is 7. The van der Waals surface area contributed by atoms with Gasteiger partial charge in [0.2, 0.25) is 0 Å². The third-order valence-corrected chi connectivity index (χ3v) is 7.88. The maximum absolute atomic E-state index is 2.45. The molecule has 4 heteroatoms. The van der Waals surface area contributed by atoms with Gasteiger partial charge in [-0.1, -0.05) is 60.7 Å². The predicted octanol–water partition coefficient (Wildman–Crippen LogP) is 6.29. The van der Waals surface area contributed by atoms with Crippen LogP contribution in [0.4, 0.5) is 0 Å². The minimum Gasteiger partial charge on any atom is -0.309 e. The van der Waals surface area contributed by atoms with Gasteiger partial charge in [0.25, 0.3) is 0 Å². The summed E-state index contributed by atoms with van der Waals surface area (Å²) in [5.41, 5.74) is 2.58. The maximum atomic E-state index is 2.45. The molecule has 28 heavy (non-hydrogen) atoms. The average molecular weight is 385 g/mol. The van der Waals surface area contributed by atoms with Crippen LogP contribution >= 0.6 is 8.00 Å². The van der Waals surface area contributed by atoms with Crippen molar-refractivity contribution in [3.05, 3.63) is 72.8 Å². The molecule has 1 heterocycles. The summed E-state index contributed by atoms with van der Waals surface area (Å²) in [6, 6.07) is 26.6. The standard InChI is InChI=1S/C24H24N3P/c1-25(2)28-26(3)21-15-13-17-9-5-7-11-19(17)23(21)24-20-12-8-6-10-18(20)14-16-22(24)27(28)4/h5-16H,1-4H3. The van der Waals surface area contributed by atoms with Gasteiger partial charge in [-0.3, -0.25) is 0 Å². The van der Waals surface area contributed by atoms with E-state index in [-0.39, 0.29) is 0 Å². The van der Waals surface area contributed by atoms with E-state index in [0.29, 0.717) is 0 Å². The molecule has 0 saturated heterocycles. The second-order valence-corrected chi connectivity index (χ2v) is 10.1. The summed E-state index contributed by atoms with van der Waals surface area (Å²) in [5, 5.41) is 7.87. The lowest BCUT2D eigenvalue weighted by molar-refractivity contribution is 0.979. The first-order valence-electron chi connectivity index (χ1n) is 9.56. The van der Waals surface area contributed by atoms with Crippen molar-refractivity contribution in [1.29, 1.82) is 0 Å². The Kier molecular flexibility index (Phi) is 3.97. The molecule has 0 fully saturated rings. The monoisotopic (exact) mass is 385 g/mol. The van der Waals surface area contributed by atoms with Crippen LogP contribution in [-0.4, -0.2) is 22.8 Å². The highest BCUT2D eigenvalue weighted by Crippen LogP contribution is 2.40. The number of hydrogen-bond donors (Lipinski definition) is 0. The Labute approximate surface area is 166 Å². The van der Waals surface area contributed by atoms with Crippen molar-refractivity contribution in [2.24, 2.45) is 14.1 Å². The molecule has 0 unspecified atom stereocenters. The topological polar surface area (TPSA) is 13.1 Å². The van der Waals surface area contributed by atoms with E-state index in [0.717, 1.165) is 0 Å². The zero-order valence-corrected chi connectivity index (χ0v) is 17.6. The summed E-state index contributed by atoms with van der Waals surface area (Å²) in [5.74, 6) is 0. The number of nitrogens with zero attached hydrogens (tertiary/aromatic N) is 3. The molecule has 3 nitrogen and oxygen atoms in total. The molecule has 140 valence electrons. The molecule has 4 aromatic carbocycles. The van der Waals surface area contributed by atoms with Gasteiger partial charge >= 0.3 is 0 Å². The van der Waals surface area contributed by atoms with Gasteiger partial charge in [0.05, 0.1) is 11.0 Å². The van der Waals surface area contributed by atoms with E-state index in [4.69, 9.17) is 0 Å². The van der Waals surface area contributed by atoms with Crippen LogP contribution in [0.1, 0.15) is 0 Å². The fourth-order valence-electron chi connectivity index (χ4n) is 4.52. The summed E-state index contributed by atoms with van der Waals surface area (Å²) in [6.45, 7) is 0. The summed E-state index contributed by atoms with van der Waals surface area (Å²) in [4.78, 5) is 0. The maximum Gasteiger partial charge on any atom is 0.105 e. The number of hydrogen-bond acceptors (Lipinski definition) is 1. The minimum atomic E-state index is -0.664. The van der Waals surface area contributed by atoms with Crippen LogP contribution in [0.3, 0.4) is 0 Å². The van der Waals surface area contributed by atoms with Crippen LogP contribution in [0, 0.1) is 0 Å². The van der Waals surface area contributed by atoms with Crippen LogP contribution in [0.15, 0.2) is 72.8 Å². The fraction of sp³-hybridized carbons (Fsp3) is 0.167. The third kappa shape index (κ3) is 2.40. The molecule has 0 aliphatic rings. The largest absolute Gasteiger partial charge is 0.309 e. The van der Waals surface area contributed by atoms with E-state index < -0.39 is 8.00 Å². The Balaban J connectivity index is 2.26. The van der Waals surface area contributed by atoms with Crippen molar-refractivity contribution in [2.45, 2.75) is 0 Å². The highest BCUT2D eigenvalue weighted by atomic mass is 31.1. The fourth-order valence-corrected chi connectivity index (χ4v) is 6.71. The molecule has 0 saturated carbocycles. The molecule has 5 rings (SSSR count). The van der Waals surface area contributed by atoms with Gasteiger partial charge in [-0.25, -0.2) is 4.67 Å². The van der Waals surface area contributed by atoms with Crippen LogP contribution < -0.4 is 4.67 Å². The van der Waals surface area contributed by atoms with Gasteiger partial charge in [0.15, 0.2) is 0 Å². The van der Waals surface area contributed by atoms with Crippen LogP contribution in [-0.2, 0) is 14.1 Å². The Bertz CT molecular complexity index is 1310. The molecule has 0 N–H and O–H groups in total. The minimum absolute atomic E-state index is 0.664. The molecule has 5 aromatic rings. The molecule has 0 amide bonds. The normalized spacial score (nSPS) is 11.9. The average Bonchev–Trinajstić information content (AvgIpc) is 2.81. The Hall–Kier alpha value is -2.74. The van der Waals surface area contributed by atoms with Gasteiger partial charge in [-0.2, -0.15) is 0 Å². The van der Waals surface area contributed by atoms with Gasteiger partial charge in [-0.05, 0) is 47.8 Å². The third-order valence-electron chi connectivity index (χ3n) is 5.66. The van der Waals surface area contributed by atoms with Crippen LogP contribution in [0.25, 0.3) is 43.4 Å². The molecule has 1 aromatic heterocycles. The Morgan fingerprint density at radius 3 is 1.46 bits per heavy atom. The molecule has 0 spiro atoms. The van der Waals surface area contributed by atoms with Crippen molar-refractivity contribution in [2.75, 3.05) is 18.8 Å². The highest BCUT2D eigenvalue weighted by Gasteiger charge is 2.14. The van der Waals surface area contributed by atoms with Gasteiger partial charge in [-0.15, -0.1) is 0 Å². The first-order valence-corrected chi connectivity index (χ1v) is 10.8. The predicted molar refractivity (Wildman–Crippen MR) is 125 cm³/mol. The molecule has 0 atom stereocenters. The van der Waals surface area contributed by atoms with E-state index >= 15 is 0 Å². The molecule has 0 radical (unpaired) electrons.